The van der Waals surface area contributed by atoms with Gasteiger partial charge in [0, 0.05) is 30.9 Å². The Hall–Kier alpha value is -3.19. The summed E-state index contributed by atoms with van der Waals surface area (Å²) in [4.78, 5) is 18.8. The minimum absolute atomic E-state index is 0.0423. The van der Waals surface area contributed by atoms with E-state index in [0.29, 0.717) is 12.4 Å². The van der Waals surface area contributed by atoms with Crippen LogP contribution in [-0.4, -0.2) is 42.4 Å². The molecule has 0 saturated carbocycles. The van der Waals surface area contributed by atoms with Crippen molar-refractivity contribution in [2.45, 2.75) is 13.5 Å². The molecule has 1 amide bonds. The topological polar surface area (TPSA) is 80.5 Å². The molecule has 1 aromatic heterocycles. The van der Waals surface area contributed by atoms with Crippen molar-refractivity contribution < 1.29 is 14.1 Å². The number of anilines is 1. The highest BCUT2D eigenvalue weighted by Crippen LogP contribution is 2.22. The fourth-order valence-corrected chi connectivity index (χ4v) is 3.04. The second kappa shape index (κ2) is 8.22. The van der Waals surface area contributed by atoms with Crippen LogP contribution in [0.1, 0.15) is 21.8 Å². The third-order valence-electron chi connectivity index (χ3n) is 4.70. The van der Waals surface area contributed by atoms with E-state index >= 15 is 0 Å². The Morgan fingerprint density at radius 2 is 1.79 bits per heavy atom. The van der Waals surface area contributed by atoms with E-state index in [0.717, 1.165) is 43.1 Å². The van der Waals surface area contributed by atoms with Gasteiger partial charge in [0.15, 0.2) is 0 Å². The largest absolute Gasteiger partial charge is 0.378 e. The molecule has 1 aliphatic rings. The summed E-state index contributed by atoms with van der Waals surface area (Å²) in [5.74, 6) is -0.0300. The molecule has 1 saturated heterocycles. The molecule has 3 aromatic rings. The molecule has 1 N–H and O–H groups in total. The van der Waals surface area contributed by atoms with Crippen LogP contribution in [-0.2, 0) is 11.3 Å². The number of carbonyl (C=O) groups excluding carboxylic acids is 1. The van der Waals surface area contributed by atoms with Crippen LogP contribution in [0.3, 0.4) is 0 Å². The number of hydrogen-bond donors (Lipinski definition) is 1. The molecule has 4 rings (SSSR count). The van der Waals surface area contributed by atoms with Gasteiger partial charge in [-0.25, -0.2) is 0 Å². The van der Waals surface area contributed by atoms with Crippen molar-refractivity contribution in [1.82, 2.24) is 15.5 Å². The van der Waals surface area contributed by atoms with E-state index in [1.807, 2.05) is 55.5 Å². The van der Waals surface area contributed by atoms with Crippen molar-refractivity contribution in [3.8, 4) is 11.4 Å². The first-order valence-electron chi connectivity index (χ1n) is 9.29. The standard InChI is InChI=1S/C21H22N4O3/c1-15-2-4-16(5-3-15)14-22-20(26)21-23-19(24-28-21)17-6-8-18(9-7-17)25-10-12-27-13-11-25/h2-9H,10-14H2,1H3,(H,22,26). The van der Waals surface area contributed by atoms with Crippen molar-refractivity contribution in [2.24, 2.45) is 0 Å². The number of ether oxygens (including phenoxy) is 1. The predicted octanol–water partition coefficient (Wildman–Crippen LogP) is 2.81. The SMILES string of the molecule is Cc1ccc(CNC(=O)c2nc(-c3ccc(N4CCOCC4)cc3)no2)cc1. The van der Waals surface area contributed by atoms with E-state index < -0.39 is 0 Å². The predicted molar refractivity (Wildman–Crippen MR) is 105 cm³/mol. The summed E-state index contributed by atoms with van der Waals surface area (Å²) in [6, 6.07) is 15.9. The van der Waals surface area contributed by atoms with Gasteiger partial charge in [0.1, 0.15) is 0 Å². The number of aromatic nitrogens is 2. The average molecular weight is 378 g/mol. The Balaban J connectivity index is 1.39. The average Bonchev–Trinajstić information content (AvgIpc) is 3.24. The molecular formula is C21H22N4O3. The molecule has 0 aliphatic carbocycles. The number of benzene rings is 2. The van der Waals surface area contributed by atoms with E-state index in [2.05, 4.69) is 20.4 Å². The summed E-state index contributed by atoms with van der Waals surface area (Å²) in [5, 5.41) is 6.73. The number of aryl methyl sites for hydroxylation is 1. The van der Waals surface area contributed by atoms with Gasteiger partial charge in [-0.15, -0.1) is 0 Å². The highest BCUT2D eigenvalue weighted by Gasteiger charge is 2.17. The molecule has 144 valence electrons. The van der Waals surface area contributed by atoms with Crippen molar-refractivity contribution in [1.29, 1.82) is 0 Å². The van der Waals surface area contributed by atoms with Crippen LogP contribution >= 0.6 is 0 Å². The normalized spacial score (nSPS) is 14.1. The molecule has 0 atom stereocenters. The molecule has 0 radical (unpaired) electrons. The molecule has 0 bridgehead atoms. The summed E-state index contributed by atoms with van der Waals surface area (Å²) in [7, 11) is 0. The van der Waals surface area contributed by atoms with Crippen molar-refractivity contribution >= 4 is 11.6 Å². The van der Waals surface area contributed by atoms with E-state index in [9.17, 15) is 4.79 Å². The molecule has 1 fully saturated rings. The van der Waals surface area contributed by atoms with Crippen LogP contribution in [0.4, 0.5) is 5.69 Å². The number of rotatable bonds is 5. The maximum atomic E-state index is 12.3. The summed E-state index contributed by atoms with van der Waals surface area (Å²) in [6.07, 6.45) is 0. The first kappa shape index (κ1) is 18.2. The Morgan fingerprint density at radius 3 is 2.50 bits per heavy atom. The van der Waals surface area contributed by atoms with Crippen LogP contribution in [0.15, 0.2) is 53.1 Å². The lowest BCUT2D eigenvalue weighted by atomic mass is 10.1. The summed E-state index contributed by atoms with van der Waals surface area (Å²) in [6.45, 7) is 5.68. The maximum Gasteiger partial charge on any atom is 0.316 e. The second-order valence-electron chi connectivity index (χ2n) is 6.74. The van der Waals surface area contributed by atoms with Gasteiger partial charge >= 0.3 is 11.8 Å². The minimum atomic E-state index is -0.385. The highest BCUT2D eigenvalue weighted by atomic mass is 16.5. The maximum absolute atomic E-state index is 12.3. The van der Waals surface area contributed by atoms with Gasteiger partial charge in [0.25, 0.3) is 0 Å². The Kier molecular flexibility index (Phi) is 5.34. The molecule has 7 nitrogen and oxygen atoms in total. The summed E-state index contributed by atoms with van der Waals surface area (Å²) in [5.41, 5.74) is 4.12. The number of nitrogens with zero attached hydrogens (tertiary/aromatic N) is 3. The van der Waals surface area contributed by atoms with Crippen LogP contribution in [0.2, 0.25) is 0 Å². The van der Waals surface area contributed by atoms with Gasteiger partial charge < -0.3 is 19.5 Å². The molecular weight excluding hydrogens is 356 g/mol. The van der Waals surface area contributed by atoms with Crippen molar-refractivity contribution in [3.05, 3.63) is 65.5 Å². The van der Waals surface area contributed by atoms with E-state index in [4.69, 9.17) is 9.26 Å². The van der Waals surface area contributed by atoms with E-state index in [1.165, 1.54) is 5.56 Å². The number of morpholine rings is 1. The van der Waals surface area contributed by atoms with Gasteiger partial charge in [-0.1, -0.05) is 35.0 Å². The van der Waals surface area contributed by atoms with Crippen molar-refractivity contribution in [3.63, 3.8) is 0 Å². The van der Waals surface area contributed by atoms with E-state index in [1.54, 1.807) is 0 Å². The fourth-order valence-electron chi connectivity index (χ4n) is 3.04. The molecule has 1 aliphatic heterocycles. The summed E-state index contributed by atoms with van der Waals surface area (Å²) >= 11 is 0. The number of nitrogens with one attached hydrogen (secondary N) is 1. The van der Waals surface area contributed by atoms with Gasteiger partial charge in [-0.05, 0) is 36.8 Å². The molecule has 7 heteroatoms. The first-order valence-corrected chi connectivity index (χ1v) is 9.29. The summed E-state index contributed by atoms with van der Waals surface area (Å²) < 4.78 is 10.5. The van der Waals surface area contributed by atoms with Gasteiger partial charge in [-0.2, -0.15) is 4.98 Å². The van der Waals surface area contributed by atoms with Crippen LogP contribution in [0.5, 0.6) is 0 Å². The lowest BCUT2D eigenvalue weighted by Crippen LogP contribution is -2.36. The fraction of sp³-hybridized carbons (Fsp3) is 0.286. The Labute approximate surface area is 163 Å². The smallest absolute Gasteiger partial charge is 0.316 e. The minimum Gasteiger partial charge on any atom is -0.378 e. The van der Waals surface area contributed by atoms with Crippen LogP contribution in [0, 0.1) is 6.92 Å². The van der Waals surface area contributed by atoms with Crippen molar-refractivity contribution in [2.75, 3.05) is 31.2 Å². The zero-order valence-corrected chi connectivity index (χ0v) is 15.7. The molecule has 2 aromatic carbocycles. The molecule has 0 unspecified atom stereocenters. The quantitative estimate of drug-likeness (QED) is 0.735. The Bertz CT molecular complexity index is 929. The first-order chi connectivity index (χ1) is 13.7. The van der Waals surface area contributed by atoms with Crippen LogP contribution < -0.4 is 10.2 Å². The van der Waals surface area contributed by atoms with E-state index in [-0.39, 0.29) is 11.8 Å². The van der Waals surface area contributed by atoms with Gasteiger partial charge in [0.2, 0.25) is 5.82 Å². The molecule has 2 heterocycles. The number of carbonyl (C=O) groups is 1. The Morgan fingerprint density at radius 1 is 1.07 bits per heavy atom. The third kappa shape index (κ3) is 4.20. The highest BCUT2D eigenvalue weighted by molar-refractivity contribution is 5.89. The van der Waals surface area contributed by atoms with Gasteiger partial charge in [-0.3, -0.25) is 4.79 Å². The third-order valence-corrected chi connectivity index (χ3v) is 4.70. The number of hydrogen-bond acceptors (Lipinski definition) is 6. The molecule has 28 heavy (non-hydrogen) atoms. The molecule has 0 spiro atoms. The number of amides is 1. The second-order valence-corrected chi connectivity index (χ2v) is 6.74. The zero-order chi connectivity index (χ0) is 19.3. The lowest BCUT2D eigenvalue weighted by Gasteiger charge is -2.28. The zero-order valence-electron chi connectivity index (χ0n) is 15.7. The lowest BCUT2D eigenvalue weighted by molar-refractivity contribution is 0.0907. The van der Waals surface area contributed by atoms with Crippen LogP contribution in [0.25, 0.3) is 11.4 Å². The van der Waals surface area contributed by atoms with Gasteiger partial charge in [0.05, 0.1) is 13.2 Å². The monoisotopic (exact) mass is 378 g/mol.